The number of amides is 1. The van der Waals surface area contributed by atoms with Crippen molar-refractivity contribution >= 4 is 33.0 Å². The summed E-state index contributed by atoms with van der Waals surface area (Å²) in [6.07, 6.45) is -2.53. The number of nitrogens with one attached hydrogen (secondary N) is 1. The van der Waals surface area contributed by atoms with Crippen molar-refractivity contribution in [2.24, 2.45) is 0 Å². The zero-order valence-electron chi connectivity index (χ0n) is 23.9. The summed E-state index contributed by atoms with van der Waals surface area (Å²) in [7, 11) is -4.07. The molecule has 5 rings (SSSR count). The largest absolute Gasteiger partial charge is 0.444 e. The Morgan fingerprint density at radius 3 is 2.47 bits per heavy atom. The number of rotatable bonds is 6. The lowest BCUT2D eigenvalue weighted by Crippen LogP contribution is -2.47. The third-order valence-corrected chi connectivity index (χ3v) is 8.58. The molecule has 0 aliphatic carbocycles. The Morgan fingerprint density at radius 2 is 1.77 bits per heavy atom. The second-order valence-electron chi connectivity index (χ2n) is 11.4. The smallest absolute Gasteiger partial charge is 0.410 e. The maximum absolute atomic E-state index is 13.7. The van der Waals surface area contributed by atoms with Gasteiger partial charge in [0.05, 0.1) is 22.5 Å². The first-order chi connectivity index (χ1) is 20.2. The van der Waals surface area contributed by atoms with Crippen LogP contribution in [0.1, 0.15) is 39.2 Å². The van der Waals surface area contributed by atoms with Crippen LogP contribution in [0, 0.1) is 0 Å². The van der Waals surface area contributed by atoms with Gasteiger partial charge in [-0.15, -0.1) is 0 Å². The van der Waals surface area contributed by atoms with E-state index in [1.807, 2.05) is 0 Å². The zero-order valence-corrected chi connectivity index (χ0v) is 24.7. The molecule has 0 bridgehead atoms. The lowest BCUT2D eigenvalue weighted by molar-refractivity contribution is -0.127. The molecule has 0 spiro atoms. The molecule has 43 heavy (non-hydrogen) atoms. The number of hydrogen-bond donors (Lipinski definition) is 1. The fraction of sp³-hybridized carbons (Fsp3) is 0.367. The number of anilines is 1. The van der Waals surface area contributed by atoms with Gasteiger partial charge in [0.2, 0.25) is 5.95 Å². The fourth-order valence-corrected chi connectivity index (χ4v) is 6.46. The van der Waals surface area contributed by atoms with Crippen molar-refractivity contribution in [3.63, 3.8) is 0 Å². The molecule has 1 saturated heterocycles. The van der Waals surface area contributed by atoms with E-state index in [-0.39, 0.29) is 33.7 Å². The third kappa shape index (κ3) is 6.93. The van der Waals surface area contributed by atoms with E-state index in [1.165, 1.54) is 18.3 Å². The molecule has 228 valence electrons. The number of hydrogen-bond acceptors (Lipinski definition) is 7. The van der Waals surface area contributed by atoms with Crippen molar-refractivity contribution in [3.05, 3.63) is 72.6 Å². The highest BCUT2D eigenvalue weighted by atomic mass is 32.2. The Balaban J connectivity index is 1.54. The van der Waals surface area contributed by atoms with Crippen LogP contribution in [0.5, 0.6) is 0 Å². The van der Waals surface area contributed by atoms with Crippen molar-refractivity contribution < 1.29 is 31.1 Å². The number of halogens is 3. The van der Waals surface area contributed by atoms with Crippen LogP contribution >= 0.6 is 0 Å². The van der Waals surface area contributed by atoms with Crippen molar-refractivity contribution in [3.8, 4) is 11.3 Å². The topological polar surface area (TPSA) is 106 Å². The number of ether oxygens (including phenoxy) is 1. The summed E-state index contributed by atoms with van der Waals surface area (Å²) in [6.45, 7) is 6.16. The maximum Gasteiger partial charge on any atom is 0.410 e. The second-order valence-corrected chi connectivity index (χ2v) is 13.3. The van der Waals surface area contributed by atoms with Crippen molar-refractivity contribution in [1.29, 1.82) is 0 Å². The van der Waals surface area contributed by atoms with Crippen LogP contribution in [0.3, 0.4) is 0 Å². The summed E-state index contributed by atoms with van der Waals surface area (Å²) < 4.78 is 74.7. The number of benzene rings is 2. The summed E-state index contributed by atoms with van der Waals surface area (Å²) in [4.78, 5) is 22.9. The molecule has 2 aromatic carbocycles. The lowest BCUT2D eigenvalue weighted by atomic mass is 10.0. The van der Waals surface area contributed by atoms with Gasteiger partial charge in [0.1, 0.15) is 5.60 Å². The summed E-state index contributed by atoms with van der Waals surface area (Å²) in [5.41, 5.74) is -0.367. The number of para-hydroxylation sites is 1. The number of nitrogens with zero attached hydrogens (tertiary/aromatic N) is 4. The molecule has 2 aromatic heterocycles. The molecule has 1 aliphatic heterocycles. The maximum atomic E-state index is 13.7. The van der Waals surface area contributed by atoms with Crippen LogP contribution in [0.25, 0.3) is 22.2 Å². The Morgan fingerprint density at radius 1 is 1.07 bits per heavy atom. The highest BCUT2D eigenvalue weighted by Gasteiger charge is 2.32. The number of fused-ring (bicyclic) bond motifs is 1. The summed E-state index contributed by atoms with van der Waals surface area (Å²) in [6, 6.07) is 14.1. The molecule has 9 nitrogen and oxygen atoms in total. The van der Waals surface area contributed by atoms with Gasteiger partial charge in [-0.25, -0.2) is 27.2 Å². The van der Waals surface area contributed by atoms with Gasteiger partial charge in [0.15, 0.2) is 0 Å². The van der Waals surface area contributed by atoms with Crippen LogP contribution in [0.15, 0.2) is 71.9 Å². The van der Waals surface area contributed by atoms with Crippen molar-refractivity contribution in [2.45, 2.75) is 62.7 Å². The van der Waals surface area contributed by atoms with E-state index in [1.54, 1.807) is 68.1 Å². The van der Waals surface area contributed by atoms with Gasteiger partial charge in [-0.1, -0.05) is 36.4 Å². The Hall–Kier alpha value is -4.13. The van der Waals surface area contributed by atoms with E-state index in [0.717, 1.165) is 10.2 Å². The number of carbonyl (C=O) groups excluding carboxylic acids is 1. The van der Waals surface area contributed by atoms with Crippen LogP contribution in [-0.2, 0) is 21.2 Å². The van der Waals surface area contributed by atoms with E-state index in [0.29, 0.717) is 36.8 Å². The summed E-state index contributed by atoms with van der Waals surface area (Å²) >= 11 is 0. The molecular weight excluding hydrogens is 583 g/mol. The van der Waals surface area contributed by atoms with E-state index in [4.69, 9.17) is 4.74 Å². The van der Waals surface area contributed by atoms with Crippen LogP contribution in [0.2, 0.25) is 0 Å². The molecule has 0 radical (unpaired) electrons. The fourth-order valence-electron chi connectivity index (χ4n) is 5.07. The molecular formula is C30H32F3N5O4S. The number of carbonyl (C=O) groups is 1. The number of alkyl halides is 3. The first kappa shape index (κ1) is 30.3. The van der Waals surface area contributed by atoms with Crippen LogP contribution in [-0.4, -0.2) is 64.3 Å². The van der Waals surface area contributed by atoms with Gasteiger partial charge in [0, 0.05) is 48.0 Å². The highest BCUT2D eigenvalue weighted by molar-refractivity contribution is 7.90. The van der Waals surface area contributed by atoms with E-state index >= 15 is 0 Å². The zero-order chi connectivity index (χ0) is 31.0. The highest BCUT2D eigenvalue weighted by Crippen LogP contribution is 2.36. The van der Waals surface area contributed by atoms with Crippen LogP contribution in [0.4, 0.5) is 23.9 Å². The van der Waals surface area contributed by atoms with E-state index in [9.17, 15) is 26.4 Å². The normalized spacial score (nSPS) is 16.3. The minimum Gasteiger partial charge on any atom is -0.444 e. The average Bonchev–Trinajstić information content (AvgIpc) is 3.33. The standard InChI is InChI=1S/C30H32F3N5O4S/c1-29(2,3)42-28(39)37-15-9-10-21(18-37)35-27-34-17-20(16-30(31,32)33)26(36-27)24-19-38(25-14-8-7-13-23(24)25)43(40,41)22-11-5-4-6-12-22/h4-8,11-14,17,19,21H,9-10,15-16,18H2,1-3H3,(H,34,35,36)/t21-/m0/s1. The molecule has 1 amide bonds. The van der Waals surface area contributed by atoms with E-state index < -0.39 is 34.3 Å². The van der Waals surface area contributed by atoms with Gasteiger partial charge >= 0.3 is 12.3 Å². The lowest BCUT2D eigenvalue weighted by Gasteiger charge is -2.34. The van der Waals surface area contributed by atoms with Gasteiger partial charge in [0.25, 0.3) is 10.0 Å². The Bertz CT molecular complexity index is 1730. The molecule has 1 fully saturated rings. The SMILES string of the molecule is CC(C)(C)OC(=O)N1CCC[C@H](Nc2ncc(CC(F)(F)F)c(-c3cn(S(=O)(=O)c4ccccc4)c4ccccc34)n2)C1. The average molecular weight is 616 g/mol. The van der Waals surface area contributed by atoms with Crippen molar-refractivity contribution in [2.75, 3.05) is 18.4 Å². The predicted molar refractivity (Wildman–Crippen MR) is 156 cm³/mol. The van der Waals surface area contributed by atoms with Gasteiger partial charge in [-0.05, 0) is 51.8 Å². The molecule has 1 atom stereocenters. The van der Waals surface area contributed by atoms with Gasteiger partial charge in [-0.2, -0.15) is 13.2 Å². The first-order valence-corrected chi connectivity index (χ1v) is 15.2. The molecule has 1 N–H and O–H groups in total. The summed E-state index contributed by atoms with van der Waals surface area (Å²) in [5.74, 6) is 0.0692. The monoisotopic (exact) mass is 615 g/mol. The number of piperidine rings is 1. The number of aromatic nitrogens is 3. The van der Waals surface area contributed by atoms with Crippen LogP contribution < -0.4 is 5.32 Å². The molecule has 1 aliphatic rings. The second kappa shape index (κ2) is 11.5. The van der Waals surface area contributed by atoms with E-state index in [2.05, 4.69) is 15.3 Å². The molecule has 0 saturated carbocycles. The Kier molecular flexibility index (Phi) is 8.12. The summed E-state index contributed by atoms with van der Waals surface area (Å²) in [5, 5.41) is 3.58. The van der Waals surface area contributed by atoms with Crippen molar-refractivity contribution in [1.82, 2.24) is 18.8 Å². The Labute approximate surface area is 247 Å². The number of likely N-dealkylation sites (tertiary alicyclic amines) is 1. The molecule has 0 unspecified atom stereocenters. The predicted octanol–water partition coefficient (Wildman–Crippen LogP) is 6.25. The minimum absolute atomic E-state index is 0.0344. The minimum atomic E-state index is -4.56. The molecule has 4 aromatic rings. The quantitative estimate of drug-likeness (QED) is 0.273. The first-order valence-electron chi connectivity index (χ1n) is 13.8. The third-order valence-electron chi connectivity index (χ3n) is 6.89. The van der Waals surface area contributed by atoms with Gasteiger partial charge in [-0.3, -0.25) is 0 Å². The molecule has 13 heteroatoms. The van der Waals surface area contributed by atoms with Gasteiger partial charge < -0.3 is 15.0 Å². The molecule has 3 heterocycles.